The van der Waals surface area contributed by atoms with Crippen LogP contribution >= 0.6 is 11.6 Å². The zero-order chi connectivity index (χ0) is 30.0. The smallest absolute Gasteiger partial charge is 0.268 e. The Bertz CT molecular complexity index is 1760. The second kappa shape index (κ2) is 12.0. The molecule has 3 N–H and O–H groups in total. The first-order valence-electron chi connectivity index (χ1n) is 14.9. The Kier molecular flexibility index (Phi) is 7.66. The molecule has 11 heteroatoms. The molecule has 0 atom stereocenters. The molecule has 2 aromatic carbocycles. The number of piperidine rings is 1. The number of fused-ring (bicyclic) bond motifs is 1. The van der Waals surface area contributed by atoms with Crippen LogP contribution in [0.3, 0.4) is 0 Å². The zero-order valence-electron chi connectivity index (χ0n) is 24.5. The maximum atomic E-state index is 13.4. The molecule has 7 rings (SSSR count). The molecule has 0 spiro atoms. The third-order valence-electron chi connectivity index (χ3n) is 8.61. The van der Waals surface area contributed by atoms with Crippen molar-refractivity contribution in [2.24, 2.45) is 7.05 Å². The summed E-state index contributed by atoms with van der Waals surface area (Å²) in [7, 11) is 1.98. The SMILES string of the molecule is Cn1c(C(=O)NC2CCN(c3ccccc3Cl)CC2)cc2c1CN(c1nccc(Nc3ccc(-c4cn[nH]c4)cc3)n1)CC2. The van der Waals surface area contributed by atoms with Gasteiger partial charge in [-0.1, -0.05) is 35.9 Å². The number of halogens is 1. The van der Waals surface area contributed by atoms with Crippen molar-refractivity contribution in [3.8, 4) is 11.1 Å². The van der Waals surface area contributed by atoms with Gasteiger partial charge < -0.3 is 25.0 Å². The Balaban J connectivity index is 0.982. The van der Waals surface area contributed by atoms with E-state index in [4.69, 9.17) is 16.6 Å². The van der Waals surface area contributed by atoms with Crippen molar-refractivity contribution in [2.75, 3.05) is 34.8 Å². The number of H-pyrrole nitrogens is 1. The van der Waals surface area contributed by atoms with E-state index >= 15 is 0 Å². The number of hydrogen-bond acceptors (Lipinski definition) is 7. The number of amides is 1. The van der Waals surface area contributed by atoms with Crippen LogP contribution in [-0.2, 0) is 20.0 Å². The minimum atomic E-state index is -0.0223. The lowest BCUT2D eigenvalue weighted by Gasteiger charge is -2.34. The van der Waals surface area contributed by atoms with Crippen molar-refractivity contribution in [3.05, 3.63) is 101 Å². The molecular formula is C33H34ClN9O. The van der Waals surface area contributed by atoms with Crippen LogP contribution in [0.5, 0.6) is 0 Å². The fraction of sp³-hybridized carbons (Fsp3) is 0.273. The van der Waals surface area contributed by atoms with Crippen molar-refractivity contribution in [2.45, 2.75) is 31.8 Å². The Morgan fingerprint density at radius 1 is 1.00 bits per heavy atom. The number of benzene rings is 2. The van der Waals surface area contributed by atoms with Crippen LogP contribution < -0.4 is 20.4 Å². The molecule has 0 unspecified atom stereocenters. The molecule has 5 heterocycles. The number of anilines is 4. The first-order chi connectivity index (χ1) is 21.5. The average molecular weight is 608 g/mol. The number of nitrogens with zero attached hydrogens (tertiary/aromatic N) is 6. The standard InChI is InChI=1S/C33H34ClN9O/c1-41-29(32(44)39-26-12-16-42(17-13-26)28-5-3-2-4-27(28)34)18-23-11-15-43(21-30(23)41)33-35-14-10-31(40-33)38-25-8-6-22(7-9-25)24-19-36-37-20-24/h2-10,14,18-20,26H,11-13,15-17,21H2,1H3,(H,36,37)(H,39,44)(H,35,38,40). The van der Waals surface area contributed by atoms with Gasteiger partial charge in [-0.2, -0.15) is 10.1 Å². The minimum Gasteiger partial charge on any atom is -0.370 e. The number of rotatable bonds is 7. The molecular weight excluding hydrogens is 574 g/mol. The summed E-state index contributed by atoms with van der Waals surface area (Å²) in [5, 5.41) is 14.3. The number of hydrogen-bond donors (Lipinski definition) is 3. The summed E-state index contributed by atoms with van der Waals surface area (Å²) in [5.74, 6) is 1.36. The van der Waals surface area contributed by atoms with Gasteiger partial charge in [-0.15, -0.1) is 0 Å². The van der Waals surface area contributed by atoms with E-state index < -0.39 is 0 Å². The highest BCUT2D eigenvalue weighted by Crippen LogP contribution is 2.29. The van der Waals surface area contributed by atoms with Crippen LogP contribution in [0.25, 0.3) is 11.1 Å². The van der Waals surface area contributed by atoms with Gasteiger partial charge in [0.1, 0.15) is 11.5 Å². The summed E-state index contributed by atoms with van der Waals surface area (Å²) in [5.41, 5.74) is 7.15. The van der Waals surface area contributed by atoms with Crippen LogP contribution in [-0.4, -0.2) is 56.3 Å². The molecule has 10 nitrogen and oxygen atoms in total. The van der Waals surface area contributed by atoms with E-state index in [1.54, 1.807) is 12.4 Å². The predicted octanol–water partition coefficient (Wildman–Crippen LogP) is 5.56. The molecule has 1 saturated heterocycles. The van der Waals surface area contributed by atoms with Gasteiger partial charge in [-0.25, -0.2) is 4.98 Å². The van der Waals surface area contributed by atoms with Gasteiger partial charge in [-0.3, -0.25) is 9.89 Å². The number of para-hydroxylation sites is 1. The summed E-state index contributed by atoms with van der Waals surface area (Å²) in [4.78, 5) is 27.2. The molecule has 0 radical (unpaired) electrons. The molecule has 3 aromatic heterocycles. The molecule has 0 saturated carbocycles. The van der Waals surface area contributed by atoms with Crippen LogP contribution in [0, 0.1) is 0 Å². The molecule has 0 bridgehead atoms. The van der Waals surface area contributed by atoms with E-state index in [-0.39, 0.29) is 11.9 Å². The summed E-state index contributed by atoms with van der Waals surface area (Å²) < 4.78 is 2.03. The van der Waals surface area contributed by atoms with Gasteiger partial charge in [0.05, 0.1) is 23.5 Å². The van der Waals surface area contributed by atoms with Gasteiger partial charge in [0.2, 0.25) is 5.95 Å². The fourth-order valence-electron chi connectivity index (χ4n) is 6.14. The second-order valence-corrected chi connectivity index (χ2v) is 11.8. The molecule has 224 valence electrons. The van der Waals surface area contributed by atoms with Crippen LogP contribution in [0.15, 0.2) is 79.3 Å². The lowest BCUT2D eigenvalue weighted by atomic mass is 10.0. The maximum absolute atomic E-state index is 13.4. The topological polar surface area (TPSA) is 107 Å². The first kappa shape index (κ1) is 28.0. The van der Waals surface area contributed by atoms with E-state index in [0.717, 1.165) is 77.9 Å². The molecule has 2 aliphatic rings. The van der Waals surface area contributed by atoms with Gasteiger partial charge >= 0.3 is 0 Å². The largest absolute Gasteiger partial charge is 0.370 e. The fourth-order valence-corrected chi connectivity index (χ4v) is 6.39. The van der Waals surface area contributed by atoms with Gasteiger partial charge in [0, 0.05) is 62.1 Å². The molecule has 0 aliphatic carbocycles. The maximum Gasteiger partial charge on any atom is 0.268 e. The van der Waals surface area contributed by atoms with Crippen molar-refractivity contribution in [3.63, 3.8) is 0 Å². The first-order valence-corrected chi connectivity index (χ1v) is 15.3. The Morgan fingerprint density at radius 3 is 2.59 bits per heavy atom. The number of carbonyl (C=O) groups is 1. The van der Waals surface area contributed by atoms with E-state index in [9.17, 15) is 4.79 Å². The Hall–Kier alpha value is -4.83. The summed E-state index contributed by atoms with van der Waals surface area (Å²) >= 11 is 6.40. The van der Waals surface area contributed by atoms with Crippen molar-refractivity contribution in [1.82, 2.24) is 30.0 Å². The summed E-state index contributed by atoms with van der Waals surface area (Å²) in [6.45, 7) is 3.13. The molecule has 44 heavy (non-hydrogen) atoms. The highest BCUT2D eigenvalue weighted by atomic mass is 35.5. The van der Waals surface area contributed by atoms with Crippen molar-refractivity contribution < 1.29 is 4.79 Å². The third-order valence-corrected chi connectivity index (χ3v) is 8.93. The third kappa shape index (κ3) is 5.72. The number of aromatic nitrogens is 5. The highest BCUT2D eigenvalue weighted by Gasteiger charge is 2.27. The molecule has 5 aromatic rings. The van der Waals surface area contributed by atoms with Crippen molar-refractivity contribution >= 4 is 40.6 Å². The Morgan fingerprint density at radius 2 is 1.82 bits per heavy atom. The molecule has 2 aliphatic heterocycles. The Labute approximate surface area is 261 Å². The lowest BCUT2D eigenvalue weighted by Crippen LogP contribution is -2.45. The minimum absolute atomic E-state index is 0.0223. The zero-order valence-corrected chi connectivity index (χ0v) is 25.3. The van der Waals surface area contributed by atoms with Crippen LogP contribution in [0.1, 0.15) is 34.6 Å². The second-order valence-electron chi connectivity index (χ2n) is 11.3. The van der Waals surface area contributed by atoms with Crippen molar-refractivity contribution in [1.29, 1.82) is 0 Å². The van der Waals surface area contributed by atoms with Crippen LogP contribution in [0.4, 0.5) is 23.1 Å². The average Bonchev–Trinajstić information content (AvgIpc) is 3.71. The van der Waals surface area contributed by atoms with Gasteiger partial charge in [0.25, 0.3) is 5.91 Å². The number of carbonyl (C=O) groups excluding carboxylic acids is 1. The summed E-state index contributed by atoms with van der Waals surface area (Å²) in [6.07, 6.45) is 8.04. The highest BCUT2D eigenvalue weighted by molar-refractivity contribution is 6.33. The number of aromatic amines is 1. The van der Waals surface area contributed by atoms with E-state index in [0.29, 0.717) is 18.2 Å². The normalized spacial score (nSPS) is 15.2. The molecule has 1 amide bonds. The van der Waals surface area contributed by atoms with Gasteiger partial charge in [0.15, 0.2) is 0 Å². The molecule has 1 fully saturated rings. The number of nitrogens with one attached hydrogen (secondary N) is 3. The summed E-state index contributed by atoms with van der Waals surface area (Å²) in [6, 6.07) is 20.1. The van der Waals surface area contributed by atoms with E-state index in [1.165, 1.54) is 5.56 Å². The van der Waals surface area contributed by atoms with E-state index in [2.05, 4.69) is 41.7 Å². The van der Waals surface area contributed by atoms with E-state index in [1.807, 2.05) is 72.4 Å². The quantitative estimate of drug-likeness (QED) is 0.222. The predicted molar refractivity (Wildman–Crippen MR) is 174 cm³/mol. The monoisotopic (exact) mass is 607 g/mol. The van der Waals surface area contributed by atoms with Gasteiger partial charge in [-0.05, 0) is 66.8 Å². The van der Waals surface area contributed by atoms with Crippen LogP contribution in [0.2, 0.25) is 5.02 Å². The lowest BCUT2D eigenvalue weighted by molar-refractivity contribution is 0.0922.